The molecule has 2 N–H and O–H groups in total. The highest BCUT2D eigenvalue weighted by molar-refractivity contribution is 5.26. The highest BCUT2D eigenvalue weighted by Crippen LogP contribution is 2.52. The van der Waals surface area contributed by atoms with Gasteiger partial charge < -0.3 is 5.73 Å². The Balaban J connectivity index is 2.23. The highest BCUT2D eigenvalue weighted by Gasteiger charge is 2.51. The van der Waals surface area contributed by atoms with Gasteiger partial charge in [-0.25, -0.2) is 4.39 Å². The van der Waals surface area contributed by atoms with Gasteiger partial charge in [0.15, 0.2) is 0 Å². The minimum absolute atomic E-state index is 0.0997. The molecule has 1 aliphatic rings. The minimum Gasteiger partial charge on any atom is -0.330 e. The molecule has 0 aliphatic heterocycles. The fourth-order valence-corrected chi connectivity index (χ4v) is 1.82. The Morgan fingerprint density at radius 2 is 2.46 bits per heavy atom. The van der Waals surface area contributed by atoms with Gasteiger partial charge in [-0.05, 0) is 31.0 Å². The average molecular weight is 180 g/mol. The number of rotatable bonds is 2. The molecule has 2 atom stereocenters. The Kier molecular flexibility index (Phi) is 1.84. The van der Waals surface area contributed by atoms with Crippen LogP contribution in [0.15, 0.2) is 18.3 Å². The van der Waals surface area contributed by atoms with Gasteiger partial charge >= 0.3 is 0 Å². The van der Waals surface area contributed by atoms with Gasteiger partial charge in [-0.1, -0.05) is 6.92 Å². The van der Waals surface area contributed by atoms with Crippen molar-refractivity contribution in [3.63, 3.8) is 0 Å². The number of aromatic nitrogens is 1. The maximum absolute atomic E-state index is 12.6. The third kappa shape index (κ3) is 1.33. The third-order valence-corrected chi connectivity index (χ3v) is 3.01. The molecular formula is C10H13FN2. The van der Waals surface area contributed by atoms with Crippen molar-refractivity contribution >= 4 is 0 Å². The van der Waals surface area contributed by atoms with Crippen LogP contribution >= 0.6 is 0 Å². The van der Waals surface area contributed by atoms with Crippen LogP contribution in [0.1, 0.15) is 19.0 Å². The summed E-state index contributed by atoms with van der Waals surface area (Å²) >= 11 is 0. The van der Waals surface area contributed by atoms with Crippen LogP contribution in [0.5, 0.6) is 0 Å². The van der Waals surface area contributed by atoms with Gasteiger partial charge in [0.05, 0.1) is 6.20 Å². The molecule has 0 bridgehead atoms. The number of halogens is 1. The zero-order valence-electron chi connectivity index (χ0n) is 7.63. The van der Waals surface area contributed by atoms with E-state index in [1.165, 1.54) is 12.3 Å². The van der Waals surface area contributed by atoms with Crippen molar-refractivity contribution in [2.45, 2.75) is 18.8 Å². The van der Waals surface area contributed by atoms with Crippen molar-refractivity contribution in [2.75, 3.05) is 6.54 Å². The summed E-state index contributed by atoms with van der Waals surface area (Å²) in [5.74, 6) is 0.239. The minimum atomic E-state index is -0.280. The summed E-state index contributed by atoms with van der Waals surface area (Å²) < 4.78 is 12.6. The van der Waals surface area contributed by atoms with Crippen molar-refractivity contribution in [2.24, 2.45) is 11.7 Å². The molecule has 70 valence electrons. The second-order valence-corrected chi connectivity index (χ2v) is 3.92. The van der Waals surface area contributed by atoms with E-state index in [1.54, 1.807) is 6.07 Å². The molecule has 1 heterocycles. The maximum Gasteiger partial charge on any atom is 0.141 e. The molecule has 1 fully saturated rings. The van der Waals surface area contributed by atoms with Crippen molar-refractivity contribution in [3.05, 3.63) is 29.8 Å². The molecule has 0 aromatic carbocycles. The van der Waals surface area contributed by atoms with Crippen LogP contribution in [0, 0.1) is 11.7 Å². The van der Waals surface area contributed by atoms with Gasteiger partial charge in [-0.15, -0.1) is 0 Å². The first-order valence-electron chi connectivity index (χ1n) is 4.49. The van der Waals surface area contributed by atoms with E-state index in [9.17, 15) is 4.39 Å². The summed E-state index contributed by atoms with van der Waals surface area (Å²) in [6.07, 6.45) is 2.34. The first-order chi connectivity index (χ1) is 6.16. The van der Waals surface area contributed by atoms with Crippen molar-refractivity contribution < 1.29 is 4.39 Å². The average Bonchev–Trinajstić information content (AvgIpc) is 2.80. The van der Waals surface area contributed by atoms with E-state index in [2.05, 4.69) is 11.9 Å². The van der Waals surface area contributed by atoms with Crippen LogP contribution in [0.4, 0.5) is 4.39 Å². The topological polar surface area (TPSA) is 38.9 Å². The molecule has 0 amide bonds. The smallest absolute Gasteiger partial charge is 0.141 e. The van der Waals surface area contributed by atoms with Crippen LogP contribution in [-0.2, 0) is 5.41 Å². The predicted octanol–water partition coefficient (Wildman–Crippen LogP) is 1.46. The fraction of sp³-hybridized carbons (Fsp3) is 0.500. The quantitative estimate of drug-likeness (QED) is 0.748. The van der Waals surface area contributed by atoms with E-state index in [0.717, 1.165) is 12.1 Å². The normalized spacial score (nSPS) is 31.8. The molecule has 13 heavy (non-hydrogen) atoms. The Bertz CT molecular complexity index is 309. The summed E-state index contributed by atoms with van der Waals surface area (Å²) in [6, 6.07) is 3.21. The lowest BCUT2D eigenvalue weighted by Crippen LogP contribution is -2.13. The van der Waals surface area contributed by atoms with Gasteiger partial charge in [0, 0.05) is 11.1 Å². The largest absolute Gasteiger partial charge is 0.330 e. The second-order valence-electron chi connectivity index (χ2n) is 3.92. The standard InChI is InChI=1S/C10H13FN2/c1-10(4-7(10)5-12)9-3-2-8(11)6-13-9/h2-3,6-7H,4-5,12H2,1H3. The Hall–Kier alpha value is -0.960. The van der Waals surface area contributed by atoms with Crippen molar-refractivity contribution in [1.29, 1.82) is 0 Å². The molecule has 3 heteroatoms. The molecule has 1 saturated carbocycles. The van der Waals surface area contributed by atoms with E-state index in [4.69, 9.17) is 5.73 Å². The van der Waals surface area contributed by atoms with Gasteiger partial charge in [0.2, 0.25) is 0 Å². The predicted molar refractivity (Wildman–Crippen MR) is 48.7 cm³/mol. The van der Waals surface area contributed by atoms with E-state index < -0.39 is 0 Å². The Morgan fingerprint density at radius 3 is 2.92 bits per heavy atom. The molecule has 2 nitrogen and oxygen atoms in total. The van der Waals surface area contributed by atoms with Crippen LogP contribution in [0.25, 0.3) is 0 Å². The molecule has 0 spiro atoms. The number of nitrogens with zero attached hydrogens (tertiary/aromatic N) is 1. The molecule has 0 radical (unpaired) electrons. The fourth-order valence-electron chi connectivity index (χ4n) is 1.82. The maximum atomic E-state index is 12.6. The zero-order valence-corrected chi connectivity index (χ0v) is 7.63. The number of hydrogen-bond acceptors (Lipinski definition) is 2. The summed E-state index contributed by atoms with van der Waals surface area (Å²) in [5.41, 5.74) is 6.64. The number of nitrogens with two attached hydrogens (primary N) is 1. The molecule has 2 rings (SSSR count). The van der Waals surface area contributed by atoms with E-state index in [0.29, 0.717) is 12.5 Å². The van der Waals surface area contributed by atoms with Gasteiger partial charge in [0.25, 0.3) is 0 Å². The zero-order chi connectivity index (χ0) is 9.47. The van der Waals surface area contributed by atoms with E-state index in [1.807, 2.05) is 0 Å². The monoisotopic (exact) mass is 180 g/mol. The van der Waals surface area contributed by atoms with Gasteiger partial charge in [0.1, 0.15) is 5.82 Å². The lowest BCUT2D eigenvalue weighted by molar-refractivity contribution is 0.604. The summed E-state index contributed by atoms with van der Waals surface area (Å²) in [4.78, 5) is 4.08. The lowest BCUT2D eigenvalue weighted by Gasteiger charge is -2.08. The van der Waals surface area contributed by atoms with Crippen molar-refractivity contribution in [3.8, 4) is 0 Å². The second kappa shape index (κ2) is 2.77. The molecular weight excluding hydrogens is 167 g/mol. The van der Waals surface area contributed by atoms with Gasteiger partial charge in [-0.3, -0.25) is 4.98 Å². The number of hydrogen-bond donors (Lipinski definition) is 1. The Morgan fingerprint density at radius 1 is 1.69 bits per heavy atom. The number of pyridine rings is 1. The van der Waals surface area contributed by atoms with Crippen LogP contribution in [-0.4, -0.2) is 11.5 Å². The molecule has 1 aromatic heterocycles. The first kappa shape index (κ1) is 8.63. The molecule has 2 unspecified atom stereocenters. The SMILES string of the molecule is CC1(c2ccc(F)cn2)CC1CN. The van der Waals surface area contributed by atoms with Crippen LogP contribution < -0.4 is 5.73 Å². The molecule has 1 aromatic rings. The van der Waals surface area contributed by atoms with Crippen LogP contribution in [0.3, 0.4) is 0 Å². The summed E-state index contributed by atoms with van der Waals surface area (Å²) in [6.45, 7) is 2.82. The van der Waals surface area contributed by atoms with Crippen LogP contribution in [0.2, 0.25) is 0 Å². The Labute approximate surface area is 77.0 Å². The van der Waals surface area contributed by atoms with E-state index in [-0.39, 0.29) is 11.2 Å². The molecule has 0 saturated heterocycles. The van der Waals surface area contributed by atoms with Crippen molar-refractivity contribution in [1.82, 2.24) is 4.98 Å². The highest BCUT2D eigenvalue weighted by atomic mass is 19.1. The third-order valence-electron chi connectivity index (χ3n) is 3.01. The van der Waals surface area contributed by atoms with E-state index >= 15 is 0 Å². The summed E-state index contributed by atoms with van der Waals surface area (Å²) in [5, 5.41) is 0. The summed E-state index contributed by atoms with van der Waals surface area (Å²) in [7, 11) is 0. The first-order valence-corrected chi connectivity index (χ1v) is 4.49. The lowest BCUT2D eigenvalue weighted by atomic mass is 10.0. The molecule has 1 aliphatic carbocycles. The van der Waals surface area contributed by atoms with Gasteiger partial charge in [-0.2, -0.15) is 0 Å².